The fourth-order valence-electron chi connectivity index (χ4n) is 3.24. The van der Waals surface area contributed by atoms with Crippen molar-refractivity contribution >= 4 is 0 Å². The first kappa shape index (κ1) is 20.6. The maximum atomic E-state index is 9.05. The van der Waals surface area contributed by atoms with Crippen LogP contribution in [0.5, 0.6) is 0 Å². The van der Waals surface area contributed by atoms with Crippen LogP contribution in [0.2, 0.25) is 0 Å². The summed E-state index contributed by atoms with van der Waals surface area (Å²) >= 11 is 0. The molecular formula is C28H22N2. The molecule has 0 spiro atoms. The van der Waals surface area contributed by atoms with E-state index in [4.69, 9.17) is 10.5 Å². The van der Waals surface area contributed by atoms with Gasteiger partial charge in [-0.25, -0.2) is 0 Å². The molecule has 0 unspecified atom stereocenters. The summed E-state index contributed by atoms with van der Waals surface area (Å²) in [7, 11) is 0. The van der Waals surface area contributed by atoms with Gasteiger partial charge in [-0.3, -0.25) is 0 Å². The van der Waals surface area contributed by atoms with Crippen molar-refractivity contribution in [3.05, 3.63) is 119 Å². The summed E-state index contributed by atoms with van der Waals surface area (Å²) < 4.78 is 0. The summed E-state index contributed by atoms with van der Waals surface area (Å²) in [6.45, 7) is 3.99. The van der Waals surface area contributed by atoms with Gasteiger partial charge in [0, 0.05) is 0 Å². The third kappa shape index (κ3) is 5.02. The van der Waals surface area contributed by atoms with Gasteiger partial charge in [0.05, 0.1) is 23.3 Å². The Bertz CT molecular complexity index is 1110. The Morgan fingerprint density at radius 1 is 0.500 bits per heavy atom. The molecule has 0 heterocycles. The second kappa shape index (κ2) is 9.87. The Kier molecular flexibility index (Phi) is 6.78. The number of hydrogen-bond acceptors (Lipinski definition) is 2. The highest BCUT2D eigenvalue weighted by Gasteiger charge is 2.04. The Morgan fingerprint density at radius 2 is 0.867 bits per heavy atom. The van der Waals surface area contributed by atoms with Gasteiger partial charge in [0.15, 0.2) is 0 Å². The lowest BCUT2D eigenvalue weighted by atomic mass is 9.99. The topological polar surface area (TPSA) is 47.6 Å². The Hall–Kier alpha value is -4.14. The molecule has 0 saturated carbocycles. The molecule has 0 amide bonds. The molecule has 0 radical (unpaired) electrons. The number of nitriles is 2. The normalized spacial score (nSPS) is 9.60. The van der Waals surface area contributed by atoms with Crippen molar-refractivity contribution < 1.29 is 0 Å². The molecule has 2 nitrogen and oxygen atoms in total. The van der Waals surface area contributed by atoms with Gasteiger partial charge in [-0.15, -0.1) is 0 Å². The van der Waals surface area contributed by atoms with Crippen molar-refractivity contribution in [2.75, 3.05) is 0 Å². The van der Waals surface area contributed by atoms with Crippen molar-refractivity contribution in [3.63, 3.8) is 0 Å². The Labute approximate surface area is 178 Å². The molecule has 30 heavy (non-hydrogen) atoms. The quantitative estimate of drug-likeness (QED) is 0.370. The van der Waals surface area contributed by atoms with Gasteiger partial charge in [-0.05, 0) is 59.4 Å². The summed E-state index contributed by atoms with van der Waals surface area (Å²) in [6.07, 6.45) is 0. The van der Waals surface area contributed by atoms with Gasteiger partial charge < -0.3 is 0 Å². The minimum atomic E-state index is 0.737. The van der Waals surface area contributed by atoms with E-state index in [1.807, 2.05) is 111 Å². The van der Waals surface area contributed by atoms with Crippen LogP contribution in [0.4, 0.5) is 0 Å². The summed E-state index contributed by atoms with van der Waals surface area (Å²) in [6, 6.07) is 36.3. The Balaban J connectivity index is 0.000000171. The van der Waals surface area contributed by atoms with Crippen LogP contribution in [-0.2, 0) is 0 Å². The average molecular weight is 386 g/mol. The van der Waals surface area contributed by atoms with Gasteiger partial charge in [0.25, 0.3) is 0 Å². The molecule has 0 bridgehead atoms. The zero-order chi connectivity index (χ0) is 21.3. The number of rotatable bonds is 2. The van der Waals surface area contributed by atoms with Crippen LogP contribution < -0.4 is 0 Å². The lowest BCUT2D eigenvalue weighted by molar-refractivity contribution is 1.42. The van der Waals surface area contributed by atoms with E-state index in [0.29, 0.717) is 0 Å². The lowest BCUT2D eigenvalue weighted by Gasteiger charge is -2.04. The first-order valence-electron chi connectivity index (χ1n) is 9.74. The van der Waals surface area contributed by atoms with Crippen LogP contribution in [0.15, 0.2) is 97.1 Å². The molecule has 0 saturated heterocycles. The van der Waals surface area contributed by atoms with Crippen LogP contribution in [0.3, 0.4) is 0 Å². The number of aryl methyl sites for hydroxylation is 2. The van der Waals surface area contributed by atoms with E-state index < -0.39 is 0 Å². The molecule has 4 aromatic carbocycles. The number of benzene rings is 4. The van der Waals surface area contributed by atoms with E-state index in [9.17, 15) is 0 Å². The fourth-order valence-corrected chi connectivity index (χ4v) is 3.24. The second-order valence-corrected chi connectivity index (χ2v) is 7.05. The number of hydrogen-bond donors (Lipinski definition) is 0. The van der Waals surface area contributed by atoms with Crippen molar-refractivity contribution in [1.82, 2.24) is 0 Å². The lowest BCUT2D eigenvalue weighted by Crippen LogP contribution is -1.85. The summed E-state index contributed by atoms with van der Waals surface area (Å²) in [5.41, 5.74) is 7.90. The van der Waals surface area contributed by atoms with E-state index in [1.165, 1.54) is 0 Å². The van der Waals surface area contributed by atoms with Gasteiger partial charge in [0.2, 0.25) is 0 Å². The minimum absolute atomic E-state index is 0.737. The smallest absolute Gasteiger partial charge is 0.0998 e. The largest absolute Gasteiger partial charge is 0.192 e. The summed E-state index contributed by atoms with van der Waals surface area (Å²) in [5, 5.41) is 18.1. The summed E-state index contributed by atoms with van der Waals surface area (Å²) in [5.74, 6) is 0. The first-order valence-corrected chi connectivity index (χ1v) is 9.74. The predicted molar refractivity (Wildman–Crippen MR) is 123 cm³/mol. The maximum absolute atomic E-state index is 9.05. The fraction of sp³-hybridized carbons (Fsp3) is 0.0714. The van der Waals surface area contributed by atoms with E-state index in [1.54, 1.807) is 0 Å². The molecule has 4 rings (SSSR count). The van der Waals surface area contributed by atoms with E-state index >= 15 is 0 Å². The van der Waals surface area contributed by atoms with Crippen molar-refractivity contribution in [1.29, 1.82) is 10.5 Å². The van der Waals surface area contributed by atoms with Gasteiger partial charge in [-0.1, -0.05) is 84.9 Å². The molecule has 0 atom stereocenters. The maximum Gasteiger partial charge on any atom is 0.0998 e. The van der Waals surface area contributed by atoms with Crippen LogP contribution in [0, 0.1) is 36.5 Å². The molecule has 0 aromatic heterocycles. The monoisotopic (exact) mass is 386 g/mol. The molecule has 0 aliphatic heterocycles. The van der Waals surface area contributed by atoms with Crippen LogP contribution in [0.25, 0.3) is 22.3 Å². The third-order valence-electron chi connectivity index (χ3n) is 4.76. The van der Waals surface area contributed by atoms with Crippen LogP contribution in [-0.4, -0.2) is 0 Å². The molecule has 0 fully saturated rings. The second-order valence-electron chi connectivity index (χ2n) is 7.05. The highest BCUT2D eigenvalue weighted by Crippen LogP contribution is 2.24. The van der Waals surface area contributed by atoms with Crippen molar-refractivity contribution in [3.8, 4) is 34.4 Å². The van der Waals surface area contributed by atoms with Gasteiger partial charge in [0.1, 0.15) is 0 Å². The van der Waals surface area contributed by atoms with Gasteiger partial charge >= 0.3 is 0 Å². The first-order chi connectivity index (χ1) is 14.6. The average Bonchev–Trinajstić information content (AvgIpc) is 2.80. The van der Waals surface area contributed by atoms with E-state index in [2.05, 4.69) is 12.1 Å². The minimum Gasteiger partial charge on any atom is -0.192 e. The van der Waals surface area contributed by atoms with E-state index in [-0.39, 0.29) is 0 Å². The molecule has 0 N–H and O–H groups in total. The number of nitrogens with zero attached hydrogens (tertiary/aromatic N) is 2. The zero-order valence-electron chi connectivity index (χ0n) is 17.1. The van der Waals surface area contributed by atoms with Crippen molar-refractivity contribution in [2.24, 2.45) is 0 Å². The highest BCUT2D eigenvalue weighted by atomic mass is 14.3. The zero-order valence-corrected chi connectivity index (χ0v) is 17.1. The molecule has 2 heteroatoms. The van der Waals surface area contributed by atoms with Gasteiger partial charge in [-0.2, -0.15) is 10.5 Å². The summed E-state index contributed by atoms with van der Waals surface area (Å²) in [4.78, 5) is 0. The molecule has 0 aliphatic rings. The van der Waals surface area contributed by atoms with Crippen LogP contribution >= 0.6 is 0 Å². The standard InChI is InChI=1S/2C14H11N/c2*1-11-7-8-14(13(9-11)10-15)12-5-3-2-4-6-12/h2*2-9H,1H3. The highest BCUT2D eigenvalue weighted by molar-refractivity contribution is 5.71. The molecule has 144 valence electrons. The molecular weight excluding hydrogens is 364 g/mol. The predicted octanol–water partition coefficient (Wildman–Crippen LogP) is 7.07. The third-order valence-corrected chi connectivity index (χ3v) is 4.76. The van der Waals surface area contributed by atoms with Crippen molar-refractivity contribution in [2.45, 2.75) is 13.8 Å². The Morgan fingerprint density at radius 3 is 1.20 bits per heavy atom. The SMILES string of the molecule is Cc1ccc(-c2ccccc2)c(C#N)c1.Cc1ccc(-c2ccccc2)c(C#N)c1. The molecule has 4 aromatic rings. The molecule has 0 aliphatic carbocycles. The van der Waals surface area contributed by atoms with Crippen LogP contribution in [0.1, 0.15) is 22.3 Å². The van der Waals surface area contributed by atoms with E-state index in [0.717, 1.165) is 44.5 Å².